The van der Waals surface area contributed by atoms with Crippen molar-refractivity contribution in [2.75, 3.05) is 0 Å². The third-order valence-electron chi connectivity index (χ3n) is 2.77. The Morgan fingerprint density at radius 3 is 2.64 bits per heavy atom. The molecule has 2 aromatic rings. The summed E-state index contributed by atoms with van der Waals surface area (Å²) in [5, 5.41) is 2.71. The molecule has 0 heterocycles. The van der Waals surface area contributed by atoms with E-state index in [1.54, 1.807) is 0 Å². The van der Waals surface area contributed by atoms with Gasteiger partial charge in [-0.15, -0.1) is 0 Å². The van der Waals surface area contributed by atoms with E-state index in [0.717, 1.165) is 0 Å². The monoisotopic (exact) mass is 193 g/mol. The Kier molecular flexibility index (Phi) is 1.61. The van der Waals surface area contributed by atoms with Gasteiger partial charge in [0.25, 0.3) is 0 Å². The minimum Gasteiger partial charge on any atom is -0.0800 e. The molecule has 1 aliphatic carbocycles. The first-order valence-corrected chi connectivity index (χ1v) is 5.35. The lowest BCUT2D eigenvalue weighted by molar-refractivity contribution is 1.23. The normalized spacial score (nSPS) is 18.8. The SMILES string of the molecule is [Si]C1C=Cc2cccc3cccc1c23. The molecule has 0 fully saturated rings. The van der Waals surface area contributed by atoms with Gasteiger partial charge in [-0.1, -0.05) is 48.6 Å². The molecule has 0 bridgehead atoms. The summed E-state index contributed by atoms with van der Waals surface area (Å²) in [5.74, 6) is 0. The molecule has 14 heavy (non-hydrogen) atoms. The minimum absolute atomic E-state index is 0.355. The van der Waals surface area contributed by atoms with Crippen molar-refractivity contribution in [1.29, 1.82) is 0 Å². The average molecular weight is 193 g/mol. The van der Waals surface area contributed by atoms with E-state index in [9.17, 15) is 0 Å². The quantitative estimate of drug-likeness (QED) is 0.564. The van der Waals surface area contributed by atoms with Gasteiger partial charge in [0.2, 0.25) is 0 Å². The van der Waals surface area contributed by atoms with Gasteiger partial charge in [0.1, 0.15) is 0 Å². The van der Waals surface area contributed by atoms with E-state index in [1.807, 2.05) is 0 Å². The van der Waals surface area contributed by atoms with Crippen LogP contribution in [-0.4, -0.2) is 10.2 Å². The molecular weight excluding hydrogens is 184 g/mol. The van der Waals surface area contributed by atoms with Crippen molar-refractivity contribution in [2.45, 2.75) is 5.54 Å². The highest BCUT2D eigenvalue weighted by molar-refractivity contribution is 6.17. The first-order valence-electron chi connectivity index (χ1n) is 4.77. The topological polar surface area (TPSA) is 0 Å². The molecule has 65 valence electrons. The average Bonchev–Trinajstić information content (AvgIpc) is 2.24. The molecule has 3 radical (unpaired) electrons. The lowest BCUT2D eigenvalue weighted by atomic mass is 9.93. The predicted molar refractivity (Wildman–Crippen MR) is 61.5 cm³/mol. The van der Waals surface area contributed by atoms with Crippen LogP contribution >= 0.6 is 0 Å². The van der Waals surface area contributed by atoms with Crippen LogP contribution in [0.25, 0.3) is 16.8 Å². The highest BCUT2D eigenvalue weighted by Crippen LogP contribution is 2.32. The van der Waals surface area contributed by atoms with Gasteiger partial charge in [0.05, 0.1) is 0 Å². The number of hydrogen-bond donors (Lipinski definition) is 0. The molecule has 2 aromatic carbocycles. The van der Waals surface area contributed by atoms with Crippen molar-refractivity contribution >= 4 is 27.1 Å². The number of allylic oxidation sites excluding steroid dienone is 1. The Balaban J connectivity index is 2.52. The lowest BCUT2D eigenvalue weighted by Gasteiger charge is -2.17. The molecule has 0 nitrogen and oxygen atoms in total. The van der Waals surface area contributed by atoms with E-state index in [2.05, 4.69) is 58.8 Å². The maximum atomic E-state index is 3.72. The van der Waals surface area contributed by atoms with Crippen LogP contribution in [0.5, 0.6) is 0 Å². The third-order valence-corrected chi connectivity index (χ3v) is 3.28. The molecule has 0 N–H and O–H groups in total. The van der Waals surface area contributed by atoms with Crippen LogP contribution in [0.2, 0.25) is 0 Å². The Hall–Kier alpha value is -1.34. The highest BCUT2D eigenvalue weighted by atomic mass is 28.1. The first kappa shape index (κ1) is 8.01. The van der Waals surface area contributed by atoms with Crippen LogP contribution in [0, 0.1) is 0 Å². The molecule has 0 aliphatic heterocycles. The second-order valence-corrected chi connectivity index (χ2v) is 4.25. The molecule has 0 aromatic heterocycles. The Morgan fingerprint density at radius 2 is 1.79 bits per heavy atom. The summed E-state index contributed by atoms with van der Waals surface area (Å²) in [7, 11) is 3.72. The Morgan fingerprint density at radius 1 is 1.00 bits per heavy atom. The van der Waals surface area contributed by atoms with Gasteiger partial charge in [0, 0.05) is 10.2 Å². The van der Waals surface area contributed by atoms with Crippen molar-refractivity contribution in [3.05, 3.63) is 53.6 Å². The zero-order valence-corrected chi connectivity index (χ0v) is 8.70. The van der Waals surface area contributed by atoms with E-state index in [4.69, 9.17) is 0 Å². The number of rotatable bonds is 0. The summed E-state index contributed by atoms with van der Waals surface area (Å²) in [4.78, 5) is 0. The Bertz CT molecular complexity index is 520. The van der Waals surface area contributed by atoms with E-state index in [-0.39, 0.29) is 0 Å². The van der Waals surface area contributed by atoms with Crippen molar-refractivity contribution < 1.29 is 0 Å². The first-order chi connectivity index (χ1) is 6.86. The van der Waals surface area contributed by atoms with Gasteiger partial charge < -0.3 is 0 Å². The molecule has 1 unspecified atom stereocenters. The van der Waals surface area contributed by atoms with Crippen LogP contribution in [-0.2, 0) is 0 Å². The van der Waals surface area contributed by atoms with Crippen LogP contribution in [0.15, 0.2) is 42.5 Å². The van der Waals surface area contributed by atoms with Crippen molar-refractivity contribution in [3.8, 4) is 0 Å². The van der Waals surface area contributed by atoms with Gasteiger partial charge in [0.15, 0.2) is 0 Å². The van der Waals surface area contributed by atoms with Crippen LogP contribution < -0.4 is 0 Å². The molecule has 1 aliphatic rings. The van der Waals surface area contributed by atoms with Crippen LogP contribution in [0.3, 0.4) is 0 Å². The van der Waals surface area contributed by atoms with E-state index in [0.29, 0.717) is 5.54 Å². The van der Waals surface area contributed by atoms with Gasteiger partial charge in [-0.25, -0.2) is 0 Å². The van der Waals surface area contributed by atoms with Gasteiger partial charge in [-0.05, 0) is 27.4 Å². The van der Waals surface area contributed by atoms with Crippen LogP contribution in [0.1, 0.15) is 16.7 Å². The third kappa shape index (κ3) is 0.992. The smallest absolute Gasteiger partial charge is 0.0388 e. The van der Waals surface area contributed by atoms with Gasteiger partial charge >= 0.3 is 0 Å². The summed E-state index contributed by atoms with van der Waals surface area (Å²) in [6, 6.07) is 12.9. The lowest BCUT2D eigenvalue weighted by Crippen LogP contribution is -2.00. The summed E-state index contributed by atoms with van der Waals surface area (Å²) < 4.78 is 0. The number of benzene rings is 2. The largest absolute Gasteiger partial charge is 0.0800 e. The number of hydrogen-bond acceptors (Lipinski definition) is 0. The summed E-state index contributed by atoms with van der Waals surface area (Å²) in [6.45, 7) is 0. The van der Waals surface area contributed by atoms with Gasteiger partial charge in [-0.3, -0.25) is 0 Å². The maximum Gasteiger partial charge on any atom is 0.0388 e. The van der Waals surface area contributed by atoms with E-state index in [1.165, 1.54) is 21.9 Å². The van der Waals surface area contributed by atoms with Crippen molar-refractivity contribution in [2.24, 2.45) is 0 Å². The molecule has 0 saturated carbocycles. The summed E-state index contributed by atoms with van der Waals surface area (Å²) in [5.41, 5.74) is 3.05. The highest BCUT2D eigenvalue weighted by Gasteiger charge is 2.12. The fourth-order valence-corrected chi connectivity index (χ4v) is 2.44. The summed E-state index contributed by atoms with van der Waals surface area (Å²) in [6.07, 6.45) is 4.38. The van der Waals surface area contributed by atoms with Crippen LogP contribution in [0.4, 0.5) is 0 Å². The molecule has 3 rings (SSSR count). The van der Waals surface area contributed by atoms with E-state index < -0.39 is 0 Å². The molecular formula is C13H9Si. The second kappa shape index (κ2) is 2.82. The zero-order valence-electron chi connectivity index (χ0n) is 7.70. The summed E-state index contributed by atoms with van der Waals surface area (Å²) >= 11 is 0. The molecule has 0 amide bonds. The molecule has 1 atom stereocenters. The Labute approximate surface area is 86.7 Å². The maximum absolute atomic E-state index is 3.72. The minimum atomic E-state index is 0.355. The molecule has 1 heteroatoms. The molecule has 0 saturated heterocycles. The molecule has 0 spiro atoms. The fraction of sp³-hybridized carbons (Fsp3) is 0.0769. The predicted octanol–water partition coefficient (Wildman–Crippen LogP) is 3.08. The zero-order chi connectivity index (χ0) is 9.54. The standard InChI is InChI=1S/C13H9Si/c14-12-8-7-10-4-1-3-9-5-2-6-11(12)13(9)10/h1-8,12H. The fourth-order valence-electron chi connectivity index (χ4n) is 2.10. The van der Waals surface area contributed by atoms with Gasteiger partial charge in [-0.2, -0.15) is 0 Å². The van der Waals surface area contributed by atoms with E-state index >= 15 is 0 Å². The van der Waals surface area contributed by atoms with Crippen molar-refractivity contribution in [1.82, 2.24) is 0 Å². The second-order valence-electron chi connectivity index (χ2n) is 3.63. The van der Waals surface area contributed by atoms with Crippen molar-refractivity contribution in [3.63, 3.8) is 0 Å².